The lowest BCUT2D eigenvalue weighted by Crippen LogP contribution is -2.44. The first-order chi connectivity index (χ1) is 15.1. The minimum atomic E-state index is -0.712. The molecule has 1 aliphatic heterocycles. The first kappa shape index (κ1) is 20.8. The summed E-state index contributed by atoms with van der Waals surface area (Å²) in [5, 5.41) is 6.06. The third-order valence-electron chi connectivity index (χ3n) is 5.68. The second-order valence-electron chi connectivity index (χ2n) is 7.88. The van der Waals surface area contributed by atoms with E-state index in [1.807, 2.05) is 67.6 Å². The van der Waals surface area contributed by atoms with Crippen LogP contribution in [0.15, 0.2) is 84.9 Å². The van der Waals surface area contributed by atoms with Crippen LogP contribution in [0.3, 0.4) is 0 Å². The summed E-state index contributed by atoms with van der Waals surface area (Å²) in [4.78, 5) is 25.6. The third kappa shape index (κ3) is 4.67. The average molecular weight is 415 g/mol. The van der Waals surface area contributed by atoms with Gasteiger partial charge in [-0.3, -0.25) is 9.59 Å². The Labute approximate surface area is 182 Å². The van der Waals surface area contributed by atoms with Crippen molar-refractivity contribution in [3.05, 3.63) is 102 Å². The molecule has 3 aromatic rings. The number of nitrogens with one attached hydrogen (secondary N) is 2. The van der Waals surface area contributed by atoms with Crippen molar-refractivity contribution in [2.75, 3.05) is 11.9 Å². The van der Waals surface area contributed by atoms with E-state index in [9.17, 15) is 9.59 Å². The Kier molecular flexibility index (Phi) is 6.14. The zero-order valence-corrected chi connectivity index (χ0v) is 17.5. The predicted octanol–water partition coefficient (Wildman–Crippen LogP) is 4.50. The van der Waals surface area contributed by atoms with Crippen LogP contribution in [0, 0.1) is 0 Å². The van der Waals surface area contributed by atoms with Crippen LogP contribution in [0.25, 0.3) is 0 Å². The Morgan fingerprint density at radius 1 is 0.903 bits per heavy atom. The van der Waals surface area contributed by atoms with Gasteiger partial charge in [0.15, 0.2) is 0 Å². The summed E-state index contributed by atoms with van der Waals surface area (Å²) in [5.41, 5.74) is 2.31. The number of carbonyl (C=O) groups excluding carboxylic acids is 2. The third-order valence-corrected chi connectivity index (χ3v) is 5.68. The summed E-state index contributed by atoms with van der Waals surface area (Å²) in [5.74, 6) is -0.392. The highest BCUT2D eigenvalue weighted by molar-refractivity contribution is 5.98. The molecule has 2 N–H and O–H groups in total. The summed E-state index contributed by atoms with van der Waals surface area (Å²) in [7, 11) is 0. The maximum Gasteiger partial charge on any atom is 0.253 e. The summed E-state index contributed by atoms with van der Waals surface area (Å²) in [6, 6.07) is 26.8. The first-order valence-corrected chi connectivity index (χ1v) is 10.5. The number of anilines is 1. The van der Waals surface area contributed by atoms with Crippen LogP contribution in [0.2, 0.25) is 0 Å². The fraction of sp³-hybridized carbons (Fsp3) is 0.231. The molecule has 0 spiro atoms. The maximum atomic E-state index is 13.3. The van der Waals surface area contributed by atoms with E-state index in [-0.39, 0.29) is 11.8 Å². The van der Waals surface area contributed by atoms with Gasteiger partial charge in [0, 0.05) is 17.9 Å². The second-order valence-corrected chi connectivity index (χ2v) is 7.88. The van der Waals surface area contributed by atoms with Gasteiger partial charge in [0.05, 0.1) is 5.54 Å². The first-order valence-electron chi connectivity index (χ1n) is 10.5. The minimum Gasteiger partial charge on any atom is -0.368 e. The number of hydrogen-bond acceptors (Lipinski definition) is 3. The predicted molar refractivity (Wildman–Crippen MR) is 121 cm³/mol. The van der Waals surface area contributed by atoms with Gasteiger partial charge in [0.25, 0.3) is 11.8 Å². The van der Waals surface area contributed by atoms with Crippen molar-refractivity contribution in [3.8, 4) is 0 Å². The topological polar surface area (TPSA) is 67.4 Å². The fourth-order valence-corrected chi connectivity index (χ4v) is 3.90. The molecule has 1 fully saturated rings. The molecule has 31 heavy (non-hydrogen) atoms. The Morgan fingerprint density at radius 2 is 1.55 bits per heavy atom. The van der Waals surface area contributed by atoms with Crippen LogP contribution in [-0.2, 0) is 15.1 Å². The van der Waals surface area contributed by atoms with Crippen molar-refractivity contribution < 1.29 is 14.3 Å². The molecule has 1 unspecified atom stereocenters. The number of ether oxygens (including phenoxy) is 1. The van der Waals surface area contributed by atoms with E-state index in [2.05, 4.69) is 10.6 Å². The van der Waals surface area contributed by atoms with Gasteiger partial charge in [0.2, 0.25) is 0 Å². The molecule has 1 heterocycles. The molecule has 1 saturated heterocycles. The Bertz CT molecular complexity index is 1010. The van der Waals surface area contributed by atoms with Crippen molar-refractivity contribution >= 4 is 17.5 Å². The minimum absolute atomic E-state index is 0.173. The molecule has 3 aromatic carbocycles. The molecule has 1 atom stereocenters. The Hall–Kier alpha value is -3.44. The van der Waals surface area contributed by atoms with Crippen LogP contribution < -0.4 is 10.6 Å². The van der Waals surface area contributed by atoms with Crippen molar-refractivity contribution in [1.82, 2.24) is 5.32 Å². The molecule has 0 bridgehead atoms. The molecule has 0 saturated carbocycles. The lowest BCUT2D eigenvalue weighted by atomic mass is 9.84. The summed E-state index contributed by atoms with van der Waals surface area (Å²) in [6.45, 7) is 2.61. The molecule has 158 valence electrons. The van der Waals surface area contributed by atoms with Gasteiger partial charge in [-0.25, -0.2) is 0 Å². The number of benzene rings is 3. The van der Waals surface area contributed by atoms with Gasteiger partial charge < -0.3 is 15.4 Å². The van der Waals surface area contributed by atoms with Crippen LogP contribution >= 0.6 is 0 Å². The van der Waals surface area contributed by atoms with Gasteiger partial charge >= 0.3 is 0 Å². The van der Waals surface area contributed by atoms with Gasteiger partial charge in [-0.05, 0) is 49.1 Å². The highest BCUT2D eigenvalue weighted by Crippen LogP contribution is 2.29. The van der Waals surface area contributed by atoms with E-state index >= 15 is 0 Å². The van der Waals surface area contributed by atoms with Gasteiger partial charge in [-0.15, -0.1) is 0 Å². The van der Waals surface area contributed by atoms with E-state index in [1.54, 1.807) is 24.3 Å². The molecule has 1 aliphatic rings. The van der Waals surface area contributed by atoms with E-state index in [4.69, 9.17) is 4.74 Å². The second kappa shape index (κ2) is 9.14. The number of carbonyl (C=O) groups is 2. The van der Waals surface area contributed by atoms with Crippen LogP contribution in [0.4, 0.5) is 5.69 Å². The molecular formula is C26H26N2O3. The number of rotatable bonds is 6. The smallest absolute Gasteiger partial charge is 0.253 e. The monoisotopic (exact) mass is 414 g/mol. The Morgan fingerprint density at radius 3 is 2.13 bits per heavy atom. The van der Waals surface area contributed by atoms with Crippen molar-refractivity contribution in [3.63, 3.8) is 0 Å². The molecule has 0 radical (unpaired) electrons. The van der Waals surface area contributed by atoms with Crippen LogP contribution in [0.5, 0.6) is 0 Å². The van der Waals surface area contributed by atoms with E-state index in [0.717, 1.165) is 24.0 Å². The summed E-state index contributed by atoms with van der Waals surface area (Å²) < 4.78 is 5.44. The zero-order chi connectivity index (χ0) is 21.7. The van der Waals surface area contributed by atoms with E-state index in [1.165, 1.54) is 0 Å². The largest absolute Gasteiger partial charge is 0.368 e. The zero-order valence-electron chi connectivity index (χ0n) is 17.5. The lowest BCUT2D eigenvalue weighted by Gasteiger charge is -2.32. The maximum absolute atomic E-state index is 13.3. The standard InChI is InChI=1S/C26H26N2O3/c1-26(20-11-4-2-5-12-20,21-13-6-3-7-14-21)28-24(29)19-10-8-15-22(18-19)27-25(30)23-16-9-17-31-23/h2-8,10-15,18,23H,9,16-17H2,1H3,(H,27,30)(H,28,29). The highest BCUT2D eigenvalue weighted by atomic mass is 16.5. The van der Waals surface area contributed by atoms with Crippen LogP contribution in [-0.4, -0.2) is 24.5 Å². The van der Waals surface area contributed by atoms with Gasteiger partial charge in [-0.2, -0.15) is 0 Å². The molecule has 0 aliphatic carbocycles. The quantitative estimate of drug-likeness (QED) is 0.624. The molecule has 2 amide bonds. The normalized spacial score (nSPS) is 16.0. The molecule has 0 aromatic heterocycles. The average Bonchev–Trinajstić information content (AvgIpc) is 3.36. The van der Waals surface area contributed by atoms with Crippen molar-refractivity contribution in [2.45, 2.75) is 31.4 Å². The summed E-state index contributed by atoms with van der Waals surface area (Å²) in [6.07, 6.45) is 1.19. The highest BCUT2D eigenvalue weighted by Gasteiger charge is 2.31. The lowest BCUT2D eigenvalue weighted by molar-refractivity contribution is -0.124. The van der Waals surface area contributed by atoms with Gasteiger partial charge in [0.1, 0.15) is 6.10 Å². The van der Waals surface area contributed by atoms with E-state index in [0.29, 0.717) is 17.9 Å². The van der Waals surface area contributed by atoms with Gasteiger partial charge in [-0.1, -0.05) is 66.7 Å². The Balaban J connectivity index is 1.57. The van der Waals surface area contributed by atoms with E-state index < -0.39 is 11.6 Å². The fourth-order valence-electron chi connectivity index (χ4n) is 3.90. The van der Waals surface area contributed by atoms with Crippen molar-refractivity contribution in [1.29, 1.82) is 0 Å². The number of hydrogen-bond donors (Lipinski definition) is 2. The summed E-state index contributed by atoms with van der Waals surface area (Å²) >= 11 is 0. The number of amides is 2. The molecule has 5 heteroatoms. The molecule has 5 nitrogen and oxygen atoms in total. The molecular weight excluding hydrogens is 388 g/mol. The van der Waals surface area contributed by atoms with Crippen LogP contribution in [0.1, 0.15) is 41.3 Å². The van der Waals surface area contributed by atoms with Crippen molar-refractivity contribution in [2.24, 2.45) is 0 Å². The SMILES string of the molecule is CC(NC(=O)c1cccc(NC(=O)C2CCCO2)c1)(c1ccccc1)c1ccccc1. The molecule has 4 rings (SSSR count).